The molecule has 0 saturated carbocycles. The van der Waals surface area contributed by atoms with Crippen LogP contribution in [0.1, 0.15) is 39.2 Å². The fraction of sp³-hybridized carbons (Fsp3) is 0.417. The van der Waals surface area contributed by atoms with Gasteiger partial charge in [0.2, 0.25) is 11.8 Å². The molecule has 3 rings (SSSR count). The lowest BCUT2D eigenvalue weighted by atomic mass is 9.90. The van der Waals surface area contributed by atoms with Crippen molar-refractivity contribution >= 4 is 17.5 Å². The van der Waals surface area contributed by atoms with E-state index in [9.17, 15) is 9.59 Å². The molecular formula is C24H30N2O3. The maximum atomic E-state index is 12.6. The first kappa shape index (κ1) is 20.9. The largest absolute Gasteiger partial charge is 0.457 e. The van der Waals surface area contributed by atoms with E-state index in [0.29, 0.717) is 25.9 Å². The number of nitrogens with zero attached hydrogens (tertiary/aromatic N) is 1. The smallest absolute Gasteiger partial charge is 0.227 e. The molecular weight excluding hydrogens is 364 g/mol. The summed E-state index contributed by atoms with van der Waals surface area (Å²) in [5.41, 5.74) is 1.51. The fourth-order valence-corrected chi connectivity index (χ4v) is 3.48. The Hall–Kier alpha value is -2.82. The van der Waals surface area contributed by atoms with Crippen LogP contribution >= 0.6 is 0 Å². The van der Waals surface area contributed by atoms with E-state index in [2.05, 4.69) is 5.32 Å². The number of amides is 2. The van der Waals surface area contributed by atoms with Gasteiger partial charge in [-0.05, 0) is 61.7 Å². The minimum absolute atomic E-state index is 0.0141. The van der Waals surface area contributed by atoms with Crippen molar-refractivity contribution in [2.45, 2.75) is 40.5 Å². The Morgan fingerprint density at radius 2 is 1.66 bits per heavy atom. The number of likely N-dealkylation sites (tertiary alicyclic amines) is 1. The van der Waals surface area contributed by atoms with Gasteiger partial charge in [0.1, 0.15) is 11.5 Å². The number of ether oxygens (including phenoxy) is 1. The molecule has 2 aromatic rings. The van der Waals surface area contributed by atoms with Gasteiger partial charge in [-0.25, -0.2) is 0 Å². The number of piperidine rings is 1. The van der Waals surface area contributed by atoms with Crippen LogP contribution in [0.5, 0.6) is 11.5 Å². The molecule has 0 aliphatic carbocycles. The molecule has 1 aliphatic rings. The fourth-order valence-electron chi connectivity index (χ4n) is 3.48. The van der Waals surface area contributed by atoms with Crippen LogP contribution < -0.4 is 10.1 Å². The van der Waals surface area contributed by atoms with E-state index < -0.39 is 0 Å². The van der Waals surface area contributed by atoms with Crippen molar-refractivity contribution in [3.63, 3.8) is 0 Å². The van der Waals surface area contributed by atoms with E-state index in [0.717, 1.165) is 22.7 Å². The topological polar surface area (TPSA) is 58.6 Å². The van der Waals surface area contributed by atoms with Crippen LogP contribution in [0.3, 0.4) is 0 Å². The molecule has 1 aliphatic heterocycles. The summed E-state index contributed by atoms with van der Waals surface area (Å²) in [7, 11) is 0. The predicted molar refractivity (Wildman–Crippen MR) is 115 cm³/mol. The Morgan fingerprint density at radius 1 is 1.00 bits per heavy atom. The average molecular weight is 395 g/mol. The van der Waals surface area contributed by atoms with Gasteiger partial charge in [-0.15, -0.1) is 0 Å². The highest BCUT2D eigenvalue weighted by atomic mass is 16.5. The molecule has 2 aromatic carbocycles. The van der Waals surface area contributed by atoms with Gasteiger partial charge in [-0.3, -0.25) is 9.59 Å². The molecule has 5 heteroatoms. The van der Waals surface area contributed by atoms with E-state index >= 15 is 0 Å². The second kappa shape index (κ2) is 8.68. The number of hydrogen-bond donors (Lipinski definition) is 1. The maximum absolute atomic E-state index is 12.6. The van der Waals surface area contributed by atoms with Crippen molar-refractivity contribution in [1.82, 2.24) is 4.90 Å². The van der Waals surface area contributed by atoms with E-state index in [4.69, 9.17) is 4.74 Å². The quantitative estimate of drug-likeness (QED) is 0.793. The van der Waals surface area contributed by atoms with Gasteiger partial charge in [0, 0.05) is 30.1 Å². The molecule has 0 unspecified atom stereocenters. The molecule has 5 nitrogen and oxygen atoms in total. The lowest BCUT2D eigenvalue weighted by Gasteiger charge is -2.35. The van der Waals surface area contributed by atoms with Crippen LogP contribution in [0, 0.1) is 18.3 Å². The Kier molecular flexibility index (Phi) is 6.26. The summed E-state index contributed by atoms with van der Waals surface area (Å²) >= 11 is 0. The van der Waals surface area contributed by atoms with Crippen LogP contribution in [-0.2, 0) is 9.59 Å². The van der Waals surface area contributed by atoms with Crippen LogP contribution in [0.4, 0.5) is 5.69 Å². The van der Waals surface area contributed by atoms with Gasteiger partial charge in [-0.1, -0.05) is 32.9 Å². The Bertz CT molecular complexity index is 860. The number of rotatable bonds is 4. The molecule has 2 amide bonds. The lowest BCUT2D eigenvalue weighted by Crippen LogP contribution is -2.45. The van der Waals surface area contributed by atoms with Gasteiger partial charge in [0.25, 0.3) is 0 Å². The third kappa shape index (κ3) is 5.59. The zero-order valence-corrected chi connectivity index (χ0v) is 17.7. The van der Waals surface area contributed by atoms with Gasteiger partial charge in [-0.2, -0.15) is 0 Å². The molecule has 0 bridgehead atoms. The normalized spacial score (nSPS) is 15.1. The van der Waals surface area contributed by atoms with Gasteiger partial charge >= 0.3 is 0 Å². The SMILES string of the molecule is Cc1cccc(Oc2ccc(NC(=O)C3CCN(C(=O)C(C)(C)C)CC3)cc2)c1. The third-order valence-electron chi connectivity index (χ3n) is 5.14. The minimum atomic E-state index is -0.378. The van der Waals surface area contributed by atoms with Crippen LogP contribution in [-0.4, -0.2) is 29.8 Å². The van der Waals surface area contributed by atoms with Gasteiger partial charge < -0.3 is 15.0 Å². The summed E-state index contributed by atoms with van der Waals surface area (Å²) in [6.45, 7) is 9.09. The number of hydrogen-bond acceptors (Lipinski definition) is 3. The number of nitrogens with one attached hydrogen (secondary N) is 1. The number of carbonyl (C=O) groups excluding carboxylic acids is 2. The minimum Gasteiger partial charge on any atom is -0.457 e. The first-order chi connectivity index (χ1) is 13.7. The molecule has 1 N–H and O–H groups in total. The summed E-state index contributed by atoms with van der Waals surface area (Å²) in [4.78, 5) is 26.9. The monoisotopic (exact) mass is 394 g/mol. The summed E-state index contributed by atoms with van der Waals surface area (Å²) in [6.07, 6.45) is 1.39. The molecule has 29 heavy (non-hydrogen) atoms. The van der Waals surface area contributed by atoms with Crippen LogP contribution in [0.15, 0.2) is 48.5 Å². The number of benzene rings is 2. The summed E-state index contributed by atoms with van der Waals surface area (Å²) in [5, 5.41) is 2.99. The van der Waals surface area contributed by atoms with Crippen molar-refractivity contribution in [2.75, 3.05) is 18.4 Å². The summed E-state index contributed by atoms with van der Waals surface area (Å²) in [5.74, 6) is 1.61. The van der Waals surface area contributed by atoms with Gasteiger partial charge in [0.15, 0.2) is 0 Å². The van der Waals surface area contributed by atoms with Crippen molar-refractivity contribution in [1.29, 1.82) is 0 Å². The second-order valence-electron chi connectivity index (χ2n) is 8.75. The average Bonchev–Trinajstić information content (AvgIpc) is 2.68. The first-order valence-electron chi connectivity index (χ1n) is 10.2. The predicted octanol–water partition coefficient (Wildman–Crippen LogP) is 5.01. The van der Waals surface area contributed by atoms with Crippen molar-refractivity contribution in [3.8, 4) is 11.5 Å². The Morgan fingerprint density at radius 3 is 2.24 bits per heavy atom. The Labute approximate surface area is 173 Å². The molecule has 0 spiro atoms. The van der Waals surface area contributed by atoms with Crippen LogP contribution in [0.2, 0.25) is 0 Å². The van der Waals surface area contributed by atoms with Crippen LogP contribution in [0.25, 0.3) is 0 Å². The van der Waals surface area contributed by atoms with Crippen molar-refractivity contribution < 1.29 is 14.3 Å². The zero-order valence-electron chi connectivity index (χ0n) is 17.7. The first-order valence-corrected chi connectivity index (χ1v) is 10.2. The summed E-state index contributed by atoms with van der Waals surface area (Å²) < 4.78 is 5.85. The standard InChI is InChI=1S/C24H30N2O3/c1-17-6-5-7-21(16-17)29-20-10-8-19(9-11-20)25-22(27)18-12-14-26(15-13-18)23(28)24(2,3)4/h5-11,16,18H,12-15H2,1-4H3,(H,25,27). The highest BCUT2D eigenvalue weighted by Crippen LogP contribution is 2.26. The highest BCUT2D eigenvalue weighted by Gasteiger charge is 2.32. The van der Waals surface area contributed by atoms with Crippen molar-refractivity contribution in [3.05, 3.63) is 54.1 Å². The molecule has 0 atom stereocenters. The molecule has 154 valence electrons. The number of anilines is 1. The maximum Gasteiger partial charge on any atom is 0.227 e. The van der Waals surface area contributed by atoms with E-state index in [-0.39, 0.29) is 23.1 Å². The zero-order chi connectivity index (χ0) is 21.0. The van der Waals surface area contributed by atoms with E-state index in [1.807, 2.05) is 81.1 Å². The highest BCUT2D eigenvalue weighted by molar-refractivity contribution is 5.93. The van der Waals surface area contributed by atoms with E-state index in [1.54, 1.807) is 0 Å². The summed E-state index contributed by atoms with van der Waals surface area (Å²) in [6, 6.07) is 15.3. The molecule has 1 heterocycles. The number of aryl methyl sites for hydroxylation is 1. The Balaban J connectivity index is 1.52. The molecule has 1 saturated heterocycles. The lowest BCUT2D eigenvalue weighted by molar-refractivity contribution is -0.142. The molecule has 0 aromatic heterocycles. The molecule has 0 radical (unpaired) electrons. The third-order valence-corrected chi connectivity index (χ3v) is 5.14. The van der Waals surface area contributed by atoms with Gasteiger partial charge in [0.05, 0.1) is 0 Å². The van der Waals surface area contributed by atoms with Crippen molar-refractivity contribution in [2.24, 2.45) is 11.3 Å². The molecule has 1 fully saturated rings. The second-order valence-corrected chi connectivity index (χ2v) is 8.75. The number of carbonyl (C=O) groups is 2. The van der Waals surface area contributed by atoms with E-state index in [1.165, 1.54) is 0 Å².